The zero-order valence-corrected chi connectivity index (χ0v) is 15.4. The van der Waals surface area contributed by atoms with E-state index < -0.39 is 0 Å². The molecule has 0 aliphatic carbocycles. The number of carbonyl (C=O) groups is 1. The molecule has 0 spiro atoms. The van der Waals surface area contributed by atoms with E-state index in [0.717, 1.165) is 10.4 Å². The van der Waals surface area contributed by atoms with Gasteiger partial charge in [0.15, 0.2) is 0 Å². The minimum Gasteiger partial charge on any atom is -0.339 e. The Morgan fingerprint density at radius 3 is 2.72 bits per heavy atom. The fraction of sp³-hybridized carbons (Fsp3) is 0.316. The van der Waals surface area contributed by atoms with Crippen LogP contribution in [0.1, 0.15) is 30.5 Å². The molecule has 2 aromatic heterocycles. The van der Waals surface area contributed by atoms with Gasteiger partial charge in [-0.1, -0.05) is 29.8 Å². The van der Waals surface area contributed by atoms with Crippen LogP contribution in [0, 0.1) is 6.92 Å². The van der Waals surface area contributed by atoms with Gasteiger partial charge < -0.3 is 4.90 Å². The summed E-state index contributed by atoms with van der Waals surface area (Å²) in [6, 6.07) is 9.95. The Morgan fingerprint density at radius 2 is 2.00 bits per heavy atom. The highest BCUT2D eigenvalue weighted by Crippen LogP contribution is 2.20. The van der Waals surface area contributed by atoms with Crippen molar-refractivity contribution in [2.45, 2.75) is 32.9 Å². The molecule has 130 valence electrons. The van der Waals surface area contributed by atoms with Crippen LogP contribution >= 0.6 is 11.3 Å². The van der Waals surface area contributed by atoms with Crippen LogP contribution in [0.3, 0.4) is 0 Å². The second-order valence-corrected chi connectivity index (χ2v) is 7.12. The Kier molecular flexibility index (Phi) is 4.99. The minimum absolute atomic E-state index is 0.00499. The second kappa shape index (κ2) is 7.19. The van der Waals surface area contributed by atoms with Crippen molar-refractivity contribution in [2.24, 2.45) is 0 Å². The first-order chi connectivity index (χ1) is 12.0. The second-order valence-electron chi connectivity index (χ2n) is 6.22. The van der Waals surface area contributed by atoms with Gasteiger partial charge in [0.25, 0.3) is 5.56 Å². The van der Waals surface area contributed by atoms with Crippen molar-refractivity contribution in [3.8, 4) is 0 Å². The van der Waals surface area contributed by atoms with Crippen molar-refractivity contribution in [1.82, 2.24) is 14.5 Å². The third-order valence-electron chi connectivity index (χ3n) is 4.55. The number of aromatic nitrogens is 2. The number of thiophene rings is 1. The van der Waals surface area contributed by atoms with E-state index >= 15 is 0 Å². The quantitative estimate of drug-likeness (QED) is 0.705. The zero-order chi connectivity index (χ0) is 18.0. The van der Waals surface area contributed by atoms with E-state index in [-0.39, 0.29) is 23.9 Å². The van der Waals surface area contributed by atoms with E-state index in [4.69, 9.17) is 0 Å². The maximum absolute atomic E-state index is 12.5. The Hall–Kier alpha value is -2.47. The van der Waals surface area contributed by atoms with Crippen LogP contribution in [0.4, 0.5) is 0 Å². The van der Waals surface area contributed by atoms with Crippen molar-refractivity contribution in [1.29, 1.82) is 0 Å². The summed E-state index contributed by atoms with van der Waals surface area (Å²) in [7, 11) is 1.80. The maximum Gasteiger partial charge on any atom is 0.262 e. The zero-order valence-electron chi connectivity index (χ0n) is 14.6. The molecule has 0 radical (unpaired) electrons. The van der Waals surface area contributed by atoms with Crippen molar-refractivity contribution in [3.05, 3.63) is 63.5 Å². The van der Waals surface area contributed by atoms with E-state index in [1.54, 1.807) is 18.0 Å². The van der Waals surface area contributed by atoms with E-state index in [9.17, 15) is 9.59 Å². The molecule has 1 atom stereocenters. The lowest BCUT2D eigenvalue weighted by atomic mass is 10.1. The smallest absolute Gasteiger partial charge is 0.262 e. The number of aryl methyl sites for hydroxylation is 2. The highest BCUT2D eigenvalue weighted by Gasteiger charge is 2.17. The molecule has 0 aliphatic rings. The van der Waals surface area contributed by atoms with Crippen molar-refractivity contribution < 1.29 is 4.79 Å². The monoisotopic (exact) mass is 355 g/mol. The molecule has 1 unspecified atom stereocenters. The van der Waals surface area contributed by atoms with Crippen molar-refractivity contribution in [2.75, 3.05) is 7.05 Å². The van der Waals surface area contributed by atoms with Gasteiger partial charge in [0.2, 0.25) is 5.91 Å². The van der Waals surface area contributed by atoms with Crippen LogP contribution in [-0.2, 0) is 11.3 Å². The highest BCUT2D eigenvalue weighted by atomic mass is 32.1. The van der Waals surface area contributed by atoms with Crippen LogP contribution in [0.15, 0.2) is 46.8 Å². The number of benzene rings is 1. The van der Waals surface area contributed by atoms with Crippen LogP contribution in [0.2, 0.25) is 0 Å². The maximum atomic E-state index is 12.5. The Bertz CT molecular complexity index is 943. The molecule has 0 N–H and O–H groups in total. The van der Waals surface area contributed by atoms with E-state index in [1.165, 1.54) is 27.8 Å². The molecule has 1 amide bonds. The van der Waals surface area contributed by atoms with Gasteiger partial charge in [0.05, 0.1) is 17.8 Å². The molecule has 2 heterocycles. The van der Waals surface area contributed by atoms with Gasteiger partial charge in [-0.25, -0.2) is 4.98 Å². The van der Waals surface area contributed by atoms with Crippen LogP contribution in [0.25, 0.3) is 10.2 Å². The summed E-state index contributed by atoms with van der Waals surface area (Å²) in [5.41, 5.74) is 2.20. The normalized spacial score (nSPS) is 12.3. The summed E-state index contributed by atoms with van der Waals surface area (Å²) >= 11 is 1.44. The van der Waals surface area contributed by atoms with Gasteiger partial charge in [-0.05, 0) is 30.9 Å². The largest absolute Gasteiger partial charge is 0.339 e. The summed E-state index contributed by atoms with van der Waals surface area (Å²) in [5, 5.41) is 2.47. The van der Waals surface area contributed by atoms with E-state index in [2.05, 4.69) is 4.98 Å². The lowest BCUT2D eigenvalue weighted by molar-refractivity contribution is -0.132. The summed E-state index contributed by atoms with van der Waals surface area (Å²) in [6.07, 6.45) is 1.79. The molecule has 25 heavy (non-hydrogen) atoms. The van der Waals surface area contributed by atoms with Crippen LogP contribution < -0.4 is 5.56 Å². The highest BCUT2D eigenvalue weighted by molar-refractivity contribution is 7.16. The number of hydrogen-bond donors (Lipinski definition) is 0. The molecule has 3 aromatic rings. The van der Waals surface area contributed by atoms with Gasteiger partial charge in [-0.15, -0.1) is 11.3 Å². The lowest BCUT2D eigenvalue weighted by Crippen LogP contribution is -2.31. The summed E-state index contributed by atoms with van der Waals surface area (Å²) in [6.45, 7) is 4.38. The van der Waals surface area contributed by atoms with Crippen LogP contribution in [-0.4, -0.2) is 27.4 Å². The van der Waals surface area contributed by atoms with Gasteiger partial charge in [0.1, 0.15) is 4.83 Å². The molecule has 0 saturated carbocycles. The van der Waals surface area contributed by atoms with Crippen LogP contribution in [0.5, 0.6) is 0 Å². The minimum atomic E-state index is -0.0895. The standard InChI is InChI=1S/C19H21N3O2S/c1-13-4-6-15(7-5-13)14(2)21(3)17(23)8-10-22-12-20-18-16(19(22)24)9-11-25-18/h4-7,9,11-12,14H,8,10H2,1-3H3. The van der Waals surface area contributed by atoms with Gasteiger partial charge in [-0.2, -0.15) is 0 Å². The van der Waals surface area contributed by atoms with Gasteiger partial charge in [-0.3, -0.25) is 14.2 Å². The fourth-order valence-corrected chi connectivity index (χ4v) is 3.45. The number of carbonyl (C=O) groups excluding carboxylic acids is 1. The Morgan fingerprint density at radius 1 is 1.28 bits per heavy atom. The predicted octanol–water partition coefficient (Wildman–Crippen LogP) is 3.38. The Balaban J connectivity index is 1.67. The SMILES string of the molecule is Cc1ccc(C(C)N(C)C(=O)CCn2cnc3sccc3c2=O)cc1. The average molecular weight is 355 g/mol. The van der Waals surface area contributed by atoms with E-state index in [1.807, 2.05) is 43.5 Å². The fourth-order valence-electron chi connectivity index (χ4n) is 2.73. The first kappa shape index (κ1) is 17.4. The molecule has 0 fully saturated rings. The van der Waals surface area contributed by atoms with E-state index in [0.29, 0.717) is 11.9 Å². The van der Waals surface area contributed by atoms with Crippen molar-refractivity contribution in [3.63, 3.8) is 0 Å². The predicted molar refractivity (Wildman–Crippen MR) is 101 cm³/mol. The lowest BCUT2D eigenvalue weighted by Gasteiger charge is -2.25. The molecular weight excluding hydrogens is 334 g/mol. The molecule has 0 saturated heterocycles. The third kappa shape index (κ3) is 3.64. The number of amides is 1. The Labute approximate surface area is 150 Å². The first-order valence-corrected chi connectivity index (χ1v) is 9.10. The van der Waals surface area contributed by atoms with Gasteiger partial charge in [0, 0.05) is 20.0 Å². The number of fused-ring (bicyclic) bond motifs is 1. The molecule has 6 heteroatoms. The first-order valence-electron chi connectivity index (χ1n) is 8.22. The molecule has 0 aliphatic heterocycles. The summed E-state index contributed by atoms with van der Waals surface area (Å²) < 4.78 is 1.51. The summed E-state index contributed by atoms with van der Waals surface area (Å²) in [4.78, 5) is 31.6. The molecule has 5 nitrogen and oxygen atoms in total. The number of rotatable bonds is 5. The van der Waals surface area contributed by atoms with Gasteiger partial charge >= 0.3 is 0 Å². The third-order valence-corrected chi connectivity index (χ3v) is 5.37. The van der Waals surface area contributed by atoms with Crippen molar-refractivity contribution >= 4 is 27.5 Å². The average Bonchev–Trinajstić information content (AvgIpc) is 3.10. The number of hydrogen-bond acceptors (Lipinski definition) is 4. The topological polar surface area (TPSA) is 55.2 Å². The molecule has 1 aromatic carbocycles. The number of nitrogens with zero attached hydrogens (tertiary/aromatic N) is 3. The molecular formula is C19H21N3O2S. The molecule has 0 bridgehead atoms. The molecule has 3 rings (SSSR count). The summed E-state index contributed by atoms with van der Waals surface area (Å²) in [5.74, 6) is 0.00499.